The van der Waals surface area contributed by atoms with Crippen molar-refractivity contribution in [2.45, 2.75) is 13.8 Å². The first-order valence-corrected chi connectivity index (χ1v) is 9.34. The van der Waals surface area contributed by atoms with Crippen LogP contribution in [0.1, 0.15) is 34.0 Å². The number of hydrogen-bond acceptors (Lipinski definition) is 1. The molecule has 0 atom stereocenters. The van der Waals surface area contributed by atoms with E-state index in [0.717, 1.165) is 38.6 Å². The van der Waals surface area contributed by atoms with Crippen molar-refractivity contribution < 1.29 is 4.79 Å². The Labute approximate surface area is 165 Å². The molecule has 28 heavy (non-hydrogen) atoms. The maximum absolute atomic E-state index is 12.7. The van der Waals surface area contributed by atoms with Gasteiger partial charge in [-0.05, 0) is 53.9 Å². The van der Waals surface area contributed by atoms with Gasteiger partial charge in [-0.15, -0.1) is 0 Å². The van der Waals surface area contributed by atoms with E-state index in [9.17, 15) is 4.79 Å². The molecule has 0 N–H and O–H groups in total. The van der Waals surface area contributed by atoms with Gasteiger partial charge in [0.1, 0.15) is 0 Å². The molecule has 0 aliphatic rings. The monoisotopic (exact) mass is 360 g/mol. The third kappa shape index (κ3) is 3.46. The second-order valence-electron chi connectivity index (χ2n) is 6.94. The average Bonchev–Trinajstić information content (AvgIpc) is 2.72. The predicted octanol–water partition coefficient (Wildman–Crippen LogP) is 6.42. The van der Waals surface area contributed by atoms with Crippen molar-refractivity contribution in [3.63, 3.8) is 0 Å². The Kier molecular flexibility index (Phi) is 4.79. The van der Waals surface area contributed by atoms with E-state index in [1.165, 1.54) is 0 Å². The second kappa shape index (κ2) is 7.55. The van der Waals surface area contributed by atoms with Gasteiger partial charge in [0, 0.05) is 16.7 Å². The Bertz CT molecular complexity index is 1220. The van der Waals surface area contributed by atoms with Gasteiger partial charge in [-0.3, -0.25) is 4.79 Å². The molecule has 0 fully saturated rings. The maximum Gasteiger partial charge on any atom is 0.161 e. The SMILES string of the molecule is CC(=O)c1c(-c2ccccc2)cc2ccc(C)cc2c1C#Cc1ccccc1. The summed E-state index contributed by atoms with van der Waals surface area (Å²) in [6.07, 6.45) is 0. The number of Topliss-reactive ketones (excluding diaryl/α,β-unsaturated/α-hetero) is 1. The van der Waals surface area contributed by atoms with Gasteiger partial charge in [-0.2, -0.15) is 0 Å². The molecule has 134 valence electrons. The van der Waals surface area contributed by atoms with Crippen LogP contribution < -0.4 is 0 Å². The quantitative estimate of drug-likeness (QED) is 0.298. The van der Waals surface area contributed by atoms with Gasteiger partial charge < -0.3 is 0 Å². The predicted molar refractivity (Wildman–Crippen MR) is 117 cm³/mol. The molecule has 0 amide bonds. The highest BCUT2D eigenvalue weighted by molar-refractivity contribution is 6.09. The van der Waals surface area contributed by atoms with E-state index in [1.54, 1.807) is 6.92 Å². The summed E-state index contributed by atoms with van der Waals surface area (Å²) in [5.41, 5.74) is 5.53. The molecule has 1 heteroatoms. The Hall–Kier alpha value is -3.63. The van der Waals surface area contributed by atoms with E-state index in [4.69, 9.17) is 0 Å². The number of rotatable bonds is 2. The van der Waals surface area contributed by atoms with Gasteiger partial charge >= 0.3 is 0 Å². The zero-order chi connectivity index (χ0) is 19.5. The zero-order valence-corrected chi connectivity index (χ0v) is 16.0. The summed E-state index contributed by atoms with van der Waals surface area (Å²) < 4.78 is 0. The van der Waals surface area contributed by atoms with Crippen molar-refractivity contribution in [2.24, 2.45) is 0 Å². The summed E-state index contributed by atoms with van der Waals surface area (Å²) in [5.74, 6) is 6.59. The molecule has 0 saturated heterocycles. The lowest BCUT2D eigenvalue weighted by Crippen LogP contribution is -2.02. The summed E-state index contributed by atoms with van der Waals surface area (Å²) in [4.78, 5) is 12.7. The molecule has 4 rings (SSSR count). The van der Waals surface area contributed by atoms with Crippen LogP contribution in [-0.2, 0) is 0 Å². The molecule has 4 aromatic carbocycles. The second-order valence-corrected chi connectivity index (χ2v) is 6.94. The normalized spacial score (nSPS) is 10.4. The summed E-state index contributed by atoms with van der Waals surface area (Å²) in [5, 5.41) is 2.11. The third-order valence-electron chi connectivity index (χ3n) is 4.84. The van der Waals surface area contributed by atoms with Crippen LogP contribution in [0, 0.1) is 18.8 Å². The van der Waals surface area contributed by atoms with Crippen molar-refractivity contribution in [2.75, 3.05) is 0 Å². The Balaban J connectivity index is 2.07. The molecule has 0 spiro atoms. The van der Waals surface area contributed by atoms with Crippen LogP contribution in [0.15, 0.2) is 84.9 Å². The maximum atomic E-state index is 12.7. The van der Waals surface area contributed by atoms with Gasteiger partial charge in [0.15, 0.2) is 5.78 Å². The number of benzene rings is 4. The molecule has 0 unspecified atom stereocenters. The van der Waals surface area contributed by atoms with Crippen molar-refractivity contribution >= 4 is 16.6 Å². The van der Waals surface area contributed by atoms with Crippen molar-refractivity contribution in [1.82, 2.24) is 0 Å². The Morgan fingerprint density at radius 2 is 1.46 bits per heavy atom. The molecule has 0 saturated carbocycles. The highest BCUT2D eigenvalue weighted by Crippen LogP contribution is 2.33. The van der Waals surface area contributed by atoms with E-state index < -0.39 is 0 Å². The molecule has 1 nitrogen and oxygen atoms in total. The summed E-state index contributed by atoms with van der Waals surface area (Å²) in [6.45, 7) is 3.68. The lowest BCUT2D eigenvalue weighted by Gasteiger charge is -2.14. The van der Waals surface area contributed by atoms with Gasteiger partial charge in [0.2, 0.25) is 0 Å². The lowest BCUT2D eigenvalue weighted by atomic mass is 9.88. The van der Waals surface area contributed by atoms with Gasteiger partial charge in [-0.1, -0.05) is 84.1 Å². The molecule has 0 aliphatic heterocycles. The number of carbonyl (C=O) groups excluding carboxylic acids is 1. The van der Waals surface area contributed by atoms with Crippen molar-refractivity contribution in [3.05, 3.63) is 107 Å². The fraction of sp³-hybridized carbons (Fsp3) is 0.0741. The number of carbonyl (C=O) groups is 1. The number of hydrogen-bond donors (Lipinski definition) is 0. The third-order valence-corrected chi connectivity index (χ3v) is 4.84. The highest BCUT2D eigenvalue weighted by atomic mass is 16.1. The number of ketones is 1. The molecule has 0 bridgehead atoms. The van der Waals surface area contributed by atoms with Crippen LogP contribution >= 0.6 is 0 Å². The number of aryl methyl sites for hydroxylation is 1. The standard InChI is InChI=1S/C27H20O/c1-19-13-15-23-18-26(22-11-7-4-8-12-22)27(20(2)28)24(25(23)17-19)16-14-21-9-5-3-6-10-21/h3-13,15,17-18H,1-2H3. The lowest BCUT2D eigenvalue weighted by molar-refractivity contribution is 0.101. The first-order valence-electron chi connectivity index (χ1n) is 9.34. The van der Waals surface area contributed by atoms with Gasteiger partial charge in [0.25, 0.3) is 0 Å². The van der Waals surface area contributed by atoms with Gasteiger partial charge in [-0.25, -0.2) is 0 Å². The molecule has 0 radical (unpaired) electrons. The van der Waals surface area contributed by atoms with Crippen LogP contribution in [0.4, 0.5) is 0 Å². The molecular weight excluding hydrogens is 340 g/mol. The van der Waals surface area contributed by atoms with Crippen LogP contribution in [-0.4, -0.2) is 5.78 Å². The van der Waals surface area contributed by atoms with Gasteiger partial charge in [0.05, 0.1) is 0 Å². The van der Waals surface area contributed by atoms with E-state index in [2.05, 4.69) is 43.0 Å². The number of fused-ring (bicyclic) bond motifs is 1. The molecule has 0 aliphatic carbocycles. The molecule has 0 aromatic heterocycles. The topological polar surface area (TPSA) is 17.1 Å². The first kappa shape index (κ1) is 17.8. The summed E-state index contributed by atoms with van der Waals surface area (Å²) in [7, 11) is 0. The molecule has 4 aromatic rings. The molecular formula is C27H20O. The minimum atomic E-state index is 0.0274. The minimum Gasteiger partial charge on any atom is -0.294 e. The van der Waals surface area contributed by atoms with Crippen molar-refractivity contribution in [1.29, 1.82) is 0 Å². The van der Waals surface area contributed by atoms with E-state index >= 15 is 0 Å². The van der Waals surface area contributed by atoms with E-state index in [-0.39, 0.29) is 5.78 Å². The molecule has 0 heterocycles. The van der Waals surface area contributed by atoms with Crippen molar-refractivity contribution in [3.8, 4) is 23.0 Å². The van der Waals surface area contributed by atoms with E-state index in [1.807, 2.05) is 60.7 Å². The van der Waals surface area contributed by atoms with Crippen LogP contribution in [0.2, 0.25) is 0 Å². The Morgan fingerprint density at radius 1 is 0.786 bits per heavy atom. The smallest absolute Gasteiger partial charge is 0.161 e. The average molecular weight is 360 g/mol. The highest BCUT2D eigenvalue weighted by Gasteiger charge is 2.17. The minimum absolute atomic E-state index is 0.0274. The summed E-state index contributed by atoms with van der Waals surface area (Å²) in [6, 6.07) is 28.3. The Morgan fingerprint density at radius 3 is 2.14 bits per heavy atom. The largest absolute Gasteiger partial charge is 0.294 e. The first-order chi connectivity index (χ1) is 13.6. The van der Waals surface area contributed by atoms with Crippen LogP contribution in [0.3, 0.4) is 0 Å². The fourth-order valence-corrected chi connectivity index (χ4v) is 3.51. The summed E-state index contributed by atoms with van der Waals surface area (Å²) >= 11 is 0. The van der Waals surface area contributed by atoms with E-state index in [0.29, 0.717) is 5.56 Å². The zero-order valence-electron chi connectivity index (χ0n) is 16.0. The fourth-order valence-electron chi connectivity index (χ4n) is 3.51. The van der Waals surface area contributed by atoms with Crippen LogP contribution in [0.25, 0.3) is 21.9 Å². The van der Waals surface area contributed by atoms with Crippen LogP contribution in [0.5, 0.6) is 0 Å².